The fourth-order valence-corrected chi connectivity index (χ4v) is 3.69. The fraction of sp³-hybridized carbons (Fsp3) is 0.684. The molecule has 2 unspecified atom stereocenters. The zero-order valence-corrected chi connectivity index (χ0v) is 19.4. The summed E-state index contributed by atoms with van der Waals surface area (Å²) >= 11 is 0. The molecule has 1 aromatic heterocycles. The Kier molecular flexibility index (Phi) is 9.16. The largest absolute Gasteiger partial charge is 0.357 e. The summed E-state index contributed by atoms with van der Waals surface area (Å²) < 4.78 is 14.0. The lowest BCUT2D eigenvalue weighted by molar-refractivity contribution is 0.119. The maximum absolute atomic E-state index is 14.0. The topological polar surface area (TPSA) is 59.0 Å². The van der Waals surface area contributed by atoms with Crippen LogP contribution in [0.1, 0.15) is 13.3 Å². The Morgan fingerprint density at radius 1 is 1.29 bits per heavy atom. The summed E-state index contributed by atoms with van der Waals surface area (Å²) in [6.07, 6.45) is 2.58. The maximum Gasteiger partial charge on any atom is 0.191 e. The molecule has 2 fully saturated rings. The Hall–Kier alpha value is -1.20. The van der Waals surface area contributed by atoms with Crippen molar-refractivity contribution in [3.05, 3.63) is 24.1 Å². The second-order valence-corrected chi connectivity index (χ2v) is 7.50. The van der Waals surface area contributed by atoms with Gasteiger partial charge in [-0.1, -0.05) is 0 Å². The first-order valence-electron chi connectivity index (χ1n) is 9.86. The molecule has 2 N–H and O–H groups in total. The molecule has 0 radical (unpaired) electrons. The molecule has 2 aliphatic rings. The number of guanidine groups is 1. The predicted molar refractivity (Wildman–Crippen MR) is 123 cm³/mol. The van der Waals surface area contributed by atoms with E-state index >= 15 is 0 Å². The van der Waals surface area contributed by atoms with E-state index in [-0.39, 0.29) is 35.8 Å². The van der Waals surface area contributed by atoms with Crippen molar-refractivity contribution in [2.24, 2.45) is 4.99 Å². The van der Waals surface area contributed by atoms with Gasteiger partial charge >= 0.3 is 0 Å². The predicted octanol–water partition coefficient (Wildman–Crippen LogP) is 1.22. The number of aromatic nitrogens is 1. The molecule has 0 aliphatic carbocycles. The summed E-state index contributed by atoms with van der Waals surface area (Å²) in [5.41, 5.74) is 0. The number of hydrogen-bond acceptors (Lipinski definition) is 5. The van der Waals surface area contributed by atoms with Crippen molar-refractivity contribution in [3.63, 3.8) is 0 Å². The number of hydrogen-bond donors (Lipinski definition) is 2. The van der Waals surface area contributed by atoms with Crippen molar-refractivity contribution >= 4 is 35.8 Å². The number of rotatable bonds is 5. The Labute approximate surface area is 184 Å². The molecule has 2 saturated heterocycles. The third-order valence-corrected chi connectivity index (χ3v) is 5.35. The van der Waals surface area contributed by atoms with Crippen molar-refractivity contribution in [2.75, 3.05) is 64.8 Å². The zero-order chi connectivity index (χ0) is 19.2. The van der Waals surface area contributed by atoms with E-state index in [1.165, 1.54) is 6.07 Å². The summed E-state index contributed by atoms with van der Waals surface area (Å²) in [4.78, 5) is 15.8. The molecule has 0 amide bonds. The average Bonchev–Trinajstić information content (AvgIpc) is 3.11. The fourth-order valence-electron chi connectivity index (χ4n) is 3.69. The first-order valence-corrected chi connectivity index (χ1v) is 9.86. The van der Waals surface area contributed by atoms with Crippen LogP contribution in [-0.2, 0) is 0 Å². The Bertz CT molecular complexity index is 644. The van der Waals surface area contributed by atoms with Gasteiger partial charge in [-0.3, -0.25) is 9.89 Å². The molecule has 2 atom stereocenters. The highest BCUT2D eigenvalue weighted by Crippen LogP contribution is 2.20. The van der Waals surface area contributed by atoms with E-state index in [0.29, 0.717) is 11.9 Å². The second-order valence-electron chi connectivity index (χ2n) is 7.50. The highest BCUT2D eigenvalue weighted by Gasteiger charge is 2.26. The minimum Gasteiger partial charge on any atom is -0.357 e. The number of piperazine rings is 1. The van der Waals surface area contributed by atoms with Crippen molar-refractivity contribution in [1.29, 1.82) is 0 Å². The monoisotopic (exact) mass is 505 g/mol. The van der Waals surface area contributed by atoms with Gasteiger partial charge in [-0.05, 0) is 39.6 Å². The van der Waals surface area contributed by atoms with E-state index in [2.05, 4.69) is 46.4 Å². The number of nitrogens with zero attached hydrogens (tertiary/aromatic N) is 5. The van der Waals surface area contributed by atoms with Crippen molar-refractivity contribution < 1.29 is 4.39 Å². The van der Waals surface area contributed by atoms with Crippen LogP contribution in [0.3, 0.4) is 0 Å². The van der Waals surface area contributed by atoms with Gasteiger partial charge in [0.1, 0.15) is 0 Å². The molecule has 9 heteroatoms. The molecule has 1 aromatic rings. The molecule has 7 nitrogen and oxygen atoms in total. The van der Waals surface area contributed by atoms with Crippen LogP contribution < -0.4 is 15.5 Å². The minimum atomic E-state index is -0.261. The summed E-state index contributed by atoms with van der Waals surface area (Å²) in [6, 6.07) is 3.75. The molecule has 2 aliphatic heterocycles. The number of nitrogens with one attached hydrogen (secondary N) is 2. The van der Waals surface area contributed by atoms with Crippen LogP contribution in [0.25, 0.3) is 0 Å². The molecule has 0 aromatic carbocycles. The van der Waals surface area contributed by atoms with Gasteiger partial charge in [-0.2, -0.15) is 0 Å². The molecule has 3 heterocycles. The van der Waals surface area contributed by atoms with Gasteiger partial charge in [0.25, 0.3) is 0 Å². The Balaban J connectivity index is 0.00000280. The van der Waals surface area contributed by atoms with Gasteiger partial charge < -0.3 is 20.4 Å². The normalized spacial score (nSPS) is 24.1. The van der Waals surface area contributed by atoms with Crippen LogP contribution in [0.2, 0.25) is 0 Å². The standard InChI is InChI=1S/C19H32FN7.HI/c1-4-21-19(23-12-16-14-25(2)10-11-26(16)3)24-15-7-9-27(13-15)18-17(20)6-5-8-22-18;/h5-6,8,15-16H,4,7,9-14H2,1-3H3,(H2,21,23,24);1H. The molecule has 0 saturated carbocycles. The maximum atomic E-state index is 14.0. The van der Waals surface area contributed by atoms with Gasteiger partial charge in [0.15, 0.2) is 17.6 Å². The van der Waals surface area contributed by atoms with Crippen LogP contribution >= 0.6 is 24.0 Å². The van der Waals surface area contributed by atoms with E-state index < -0.39 is 0 Å². The third-order valence-electron chi connectivity index (χ3n) is 5.35. The Morgan fingerprint density at radius 3 is 2.86 bits per heavy atom. The lowest BCUT2D eigenvalue weighted by Crippen LogP contribution is -2.52. The lowest BCUT2D eigenvalue weighted by atomic mass is 10.2. The van der Waals surface area contributed by atoms with Crippen LogP contribution in [0.4, 0.5) is 10.2 Å². The second kappa shape index (κ2) is 11.1. The quantitative estimate of drug-likeness (QED) is 0.357. The highest BCUT2D eigenvalue weighted by molar-refractivity contribution is 14.0. The van der Waals surface area contributed by atoms with E-state index in [1.54, 1.807) is 12.3 Å². The molecule has 28 heavy (non-hydrogen) atoms. The number of pyridine rings is 1. The highest BCUT2D eigenvalue weighted by atomic mass is 127. The smallest absolute Gasteiger partial charge is 0.191 e. The SMILES string of the molecule is CCNC(=NCC1CN(C)CCN1C)NC1CCN(c2ncccc2F)C1.I. The van der Waals surface area contributed by atoms with E-state index in [1.807, 2.05) is 4.90 Å². The zero-order valence-electron chi connectivity index (χ0n) is 17.1. The van der Waals surface area contributed by atoms with E-state index in [0.717, 1.165) is 58.2 Å². The summed E-state index contributed by atoms with van der Waals surface area (Å²) in [5.74, 6) is 1.02. The van der Waals surface area contributed by atoms with Crippen molar-refractivity contribution in [1.82, 2.24) is 25.4 Å². The van der Waals surface area contributed by atoms with Crippen LogP contribution in [0.15, 0.2) is 23.3 Å². The Morgan fingerprint density at radius 2 is 2.11 bits per heavy atom. The third kappa shape index (κ3) is 6.15. The van der Waals surface area contributed by atoms with Crippen LogP contribution in [0, 0.1) is 5.82 Å². The summed E-state index contributed by atoms with van der Waals surface area (Å²) in [5, 5.41) is 6.86. The van der Waals surface area contributed by atoms with Gasteiger partial charge in [-0.15, -0.1) is 24.0 Å². The molecular weight excluding hydrogens is 472 g/mol. The number of halogens is 2. The number of aliphatic imine (C=N–C) groups is 1. The van der Waals surface area contributed by atoms with Crippen molar-refractivity contribution in [2.45, 2.75) is 25.4 Å². The van der Waals surface area contributed by atoms with Crippen molar-refractivity contribution in [3.8, 4) is 0 Å². The molecule has 0 spiro atoms. The molecule has 0 bridgehead atoms. The van der Waals surface area contributed by atoms with Gasteiger partial charge in [0, 0.05) is 57.5 Å². The first kappa shape index (κ1) is 23.1. The van der Waals surface area contributed by atoms with Gasteiger partial charge in [-0.25, -0.2) is 9.37 Å². The van der Waals surface area contributed by atoms with E-state index in [9.17, 15) is 4.39 Å². The summed E-state index contributed by atoms with van der Waals surface area (Å²) in [7, 11) is 4.33. The molecule has 158 valence electrons. The van der Waals surface area contributed by atoms with Crippen LogP contribution in [0.5, 0.6) is 0 Å². The lowest BCUT2D eigenvalue weighted by Gasteiger charge is -2.37. The average molecular weight is 505 g/mol. The first-order chi connectivity index (χ1) is 13.1. The van der Waals surface area contributed by atoms with Gasteiger partial charge in [0.05, 0.1) is 6.54 Å². The number of anilines is 1. The van der Waals surface area contributed by atoms with Gasteiger partial charge in [0.2, 0.25) is 0 Å². The summed E-state index contributed by atoms with van der Waals surface area (Å²) in [6.45, 7) is 8.40. The molecular formula is C19H33FIN7. The van der Waals surface area contributed by atoms with Crippen LogP contribution in [-0.4, -0.2) is 92.7 Å². The number of likely N-dealkylation sites (N-methyl/N-ethyl adjacent to an activating group) is 2. The molecule has 3 rings (SSSR count). The minimum absolute atomic E-state index is 0. The van der Waals surface area contributed by atoms with E-state index in [4.69, 9.17) is 4.99 Å².